The number of anilines is 1. The van der Waals surface area contributed by atoms with Gasteiger partial charge in [-0.2, -0.15) is 0 Å². The van der Waals surface area contributed by atoms with Crippen LogP contribution < -0.4 is 10.1 Å². The maximum Gasteiger partial charge on any atom is 0.224 e. The standard InChI is InChI=1S/C21H25NO4/c1-3-25-15-18-8-4-5-11-20(18)22-21(24)12-7-13-26-19-10-6-9-17(14-19)16(2)23/h4-6,8-11,14H,3,7,12-13,15H2,1-2H3,(H,22,24). The molecule has 0 spiro atoms. The molecule has 0 aromatic heterocycles. The highest BCUT2D eigenvalue weighted by Crippen LogP contribution is 2.17. The van der Waals surface area contributed by atoms with Crippen molar-refractivity contribution in [2.75, 3.05) is 18.5 Å². The van der Waals surface area contributed by atoms with Crippen molar-refractivity contribution >= 4 is 17.4 Å². The highest BCUT2D eigenvalue weighted by molar-refractivity contribution is 5.94. The van der Waals surface area contributed by atoms with Crippen molar-refractivity contribution in [3.8, 4) is 5.75 Å². The first kappa shape index (κ1) is 19.7. The van der Waals surface area contributed by atoms with Crippen LogP contribution in [0.4, 0.5) is 5.69 Å². The average Bonchev–Trinajstić information content (AvgIpc) is 2.65. The third-order valence-corrected chi connectivity index (χ3v) is 3.81. The van der Waals surface area contributed by atoms with Crippen LogP contribution in [0.3, 0.4) is 0 Å². The van der Waals surface area contributed by atoms with Gasteiger partial charge in [-0.15, -0.1) is 0 Å². The number of amides is 1. The third kappa shape index (κ3) is 6.33. The van der Waals surface area contributed by atoms with Gasteiger partial charge in [-0.25, -0.2) is 0 Å². The van der Waals surface area contributed by atoms with Gasteiger partial charge < -0.3 is 14.8 Å². The topological polar surface area (TPSA) is 64.6 Å². The summed E-state index contributed by atoms with van der Waals surface area (Å²) in [6.45, 7) is 4.97. The number of ketones is 1. The first-order valence-electron chi connectivity index (χ1n) is 8.79. The van der Waals surface area contributed by atoms with Gasteiger partial charge in [0.1, 0.15) is 5.75 Å². The van der Waals surface area contributed by atoms with E-state index in [0.29, 0.717) is 44.0 Å². The lowest BCUT2D eigenvalue weighted by Gasteiger charge is -2.11. The van der Waals surface area contributed by atoms with Gasteiger partial charge in [0.2, 0.25) is 5.91 Å². The first-order valence-corrected chi connectivity index (χ1v) is 8.79. The maximum atomic E-state index is 12.1. The van der Waals surface area contributed by atoms with E-state index in [-0.39, 0.29) is 11.7 Å². The Morgan fingerprint density at radius 1 is 1.08 bits per heavy atom. The number of hydrogen-bond acceptors (Lipinski definition) is 4. The summed E-state index contributed by atoms with van der Waals surface area (Å²) in [6.07, 6.45) is 0.944. The zero-order chi connectivity index (χ0) is 18.8. The van der Waals surface area contributed by atoms with Gasteiger partial charge >= 0.3 is 0 Å². The van der Waals surface area contributed by atoms with Crippen LogP contribution in [0, 0.1) is 0 Å². The van der Waals surface area contributed by atoms with Crippen molar-refractivity contribution in [1.29, 1.82) is 0 Å². The predicted molar refractivity (Wildman–Crippen MR) is 102 cm³/mol. The number of para-hydroxylation sites is 1. The van der Waals surface area contributed by atoms with Crippen molar-refractivity contribution < 1.29 is 19.1 Å². The van der Waals surface area contributed by atoms with E-state index in [2.05, 4.69) is 5.32 Å². The van der Waals surface area contributed by atoms with Crippen molar-refractivity contribution in [2.24, 2.45) is 0 Å². The molecule has 1 amide bonds. The smallest absolute Gasteiger partial charge is 0.224 e. The molecule has 0 saturated carbocycles. The lowest BCUT2D eigenvalue weighted by atomic mass is 10.1. The summed E-state index contributed by atoms with van der Waals surface area (Å²) in [5.74, 6) is 0.579. The van der Waals surface area contributed by atoms with Crippen LogP contribution in [0.1, 0.15) is 42.6 Å². The van der Waals surface area contributed by atoms with Crippen LogP contribution in [0.15, 0.2) is 48.5 Å². The van der Waals surface area contributed by atoms with Gasteiger partial charge in [-0.05, 0) is 38.5 Å². The molecule has 0 fully saturated rings. The summed E-state index contributed by atoms with van der Waals surface area (Å²) in [5, 5.41) is 2.92. The van der Waals surface area contributed by atoms with Crippen LogP contribution in [0.2, 0.25) is 0 Å². The van der Waals surface area contributed by atoms with Gasteiger partial charge in [0.25, 0.3) is 0 Å². The fourth-order valence-corrected chi connectivity index (χ4v) is 2.42. The second-order valence-electron chi connectivity index (χ2n) is 5.88. The second kappa shape index (κ2) is 10.4. The lowest BCUT2D eigenvalue weighted by molar-refractivity contribution is -0.116. The molecule has 0 saturated heterocycles. The van der Waals surface area contributed by atoms with Crippen LogP contribution in [0.5, 0.6) is 5.75 Å². The molecule has 0 heterocycles. The number of nitrogens with one attached hydrogen (secondary N) is 1. The lowest BCUT2D eigenvalue weighted by Crippen LogP contribution is -2.14. The van der Waals surface area contributed by atoms with E-state index in [0.717, 1.165) is 11.3 Å². The largest absolute Gasteiger partial charge is 0.494 e. The Labute approximate surface area is 154 Å². The Bertz CT molecular complexity index is 742. The number of carbonyl (C=O) groups is 2. The summed E-state index contributed by atoms with van der Waals surface area (Å²) in [5.41, 5.74) is 2.35. The van der Waals surface area contributed by atoms with E-state index < -0.39 is 0 Å². The molecule has 0 bridgehead atoms. The Hall–Kier alpha value is -2.66. The minimum Gasteiger partial charge on any atom is -0.494 e. The van der Waals surface area contributed by atoms with Gasteiger partial charge in [0.15, 0.2) is 5.78 Å². The number of rotatable bonds is 10. The van der Waals surface area contributed by atoms with E-state index in [4.69, 9.17) is 9.47 Å². The molecule has 0 aliphatic rings. The summed E-state index contributed by atoms with van der Waals surface area (Å²) in [4.78, 5) is 23.5. The summed E-state index contributed by atoms with van der Waals surface area (Å²) < 4.78 is 11.0. The van der Waals surface area contributed by atoms with Crippen molar-refractivity contribution in [3.63, 3.8) is 0 Å². The van der Waals surface area contributed by atoms with E-state index in [1.54, 1.807) is 24.3 Å². The SMILES string of the molecule is CCOCc1ccccc1NC(=O)CCCOc1cccc(C(C)=O)c1. The number of benzene rings is 2. The summed E-state index contributed by atoms with van der Waals surface area (Å²) in [6, 6.07) is 14.7. The molecular weight excluding hydrogens is 330 g/mol. The Kier molecular flexibility index (Phi) is 7.83. The van der Waals surface area contributed by atoms with Gasteiger partial charge in [-0.1, -0.05) is 30.3 Å². The molecule has 5 nitrogen and oxygen atoms in total. The van der Waals surface area contributed by atoms with Crippen LogP contribution in [0.25, 0.3) is 0 Å². The Morgan fingerprint density at radius 3 is 2.65 bits per heavy atom. The van der Waals surface area contributed by atoms with Crippen LogP contribution >= 0.6 is 0 Å². The second-order valence-corrected chi connectivity index (χ2v) is 5.88. The molecule has 0 atom stereocenters. The number of ether oxygens (including phenoxy) is 2. The molecule has 0 aliphatic carbocycles. The zero-order valence-electron chi connectivity index (χ0n) is 15.3. The zero-order valence-corrected chi connectivity index (χ0v) is 15.3. The molecule has 2 aromatic rings. The Balaban J connectivity index is 1.77. The van der Waals surface area contributed by atoms with E-state index >= 15 is 0 Å². The number of hydrogen-bond donors (Lipinski definition) is 1. The molecule has 0 aliphatic heterocycles. The predicted octanol–water partition coefficient (Wildman–Crippen LogP) is 4.22. The number of carbonyl (C=O) groups excluding carboxylic acids is 2. The molecule has 26 heavy (non-hydrogen) atoms. The fourth-order valence-electron chi connectivity index (χ4n) is 2.42. The molecule has 2 rings (SSSR count). The summed E-state index contributed by atoms with van der Waals surface area (Å²) in [7, 11) is 0. The quantitative estimate of drug-likeness (QED) is 0.512. The third-order valence-electron chi connectivity index (χ3n) is 3.81. The van der Waals surface area contributed by atoms with Crippen molar-refractivity contribution in [2.45, 2.75) is 33.3 Å². The Morgan fingerprint density at radius 2 is 1.88 bits per heavy atom. The molecule has 0 radical (unpaired) electrons. The highest BCUT2D eigenvalue weighted by atomic mass is 16.5. The average molecular weight is 355 g/mol. The van der Waals surface area contributed by atoms with E-state index in [1.807, 2.05) is 31.2 Å². The minimum absolute atomic E-state index is 0.000505. The molecule has 5 heteroatoms. The van der Waals surface area contributed by atoms with Crippen LogP contribution in [-0.2, 0) is 16.1 Å². The molecule has 138 valence electrons. The van der Waals surface area contributed by atoms with Gasteiger partial charge in [0, 0.05) is 29.8 Å². The monoisotopic (exact) mass is 355 g/mol. The maximum absolute atomic E-state index is 12.1. The summed E-state index contributed by atoms with van der Waals surface area (Å²) >= 11 is 0. The first-order chi connectivity index (χ1) is 12.6. The van der Waals surface area contributed by atoms with E-state index in [1.165, 1.54) is 6.92 Å². The molecule has 1 N–H and O–H groups in total. The molecular formula is C21H25NO4. The molecule has 2 aromatic carbocycles. The van der Waals surface area contributed by atoms with Crippen molar-refractivity contribution in [3.05, 3.63) is 59.7 Å². The van der Waals surface area contributed by atoms with Gasteiger partial charge in [0.05, 0.1) is 13.2 Å². The normalized spacial score (nSPS) is 10.4. The van der Waals surface area contributed by atoms with Gasteiger partial charge in [-0.3, -0.25) is 9.59 Å². The van der Waals surface area contributed by atoms with Crippen LogP contribution in [-0.4, -0.2) is 24.9 Å². The highest BCUT2D eigenvalue weighted by Gasteiger charge is 2.07. The number of Topliss-reactive ketones (excluding diaryl/α,β-unsaturated/α-hetero) is 1. The van der Waals surface area contributed by atoms with Crippen molar-refractivity contribution in [1.82, 2.24) is 0 Å². The van der Waals surface area contributed by atoms with E-state index in [9.17, 15) is 9.59 Å². The fraction of sp³-hybridized carbons (Fsp3) is 0.333. The minimum atomic E-state index is -0.0602. The molecule has 0 unspecified atom stereocenters.